The van der Waals surface area contributed by atoms with E-state index < -0.39 is 6.10 Å². The Kier molecular flexibility index (Phi) is 3.87. The van der Waals surface area contributed by atoms with Gasteiger partial charge in [0.25, 0.3) is 0 Å². The lowest BCUT2D eigenvalue weighted by molar-refractivity contribution is 0.197. The number of benzene rings is 1. The van der Waals surface area contributed by atoms with Gasteiger partial charge in [-0.2, -0.15) is 5.10 Å². The van der Waals surface area contributed by atoms with Crippen molar-refractivity contribution in [3.63, 3.8) is 0 Å². The van der Waals surface area contributed by atoms with Crippen molar-refractivity contribution in [1.82, 2.24) is 24.2 Å². The summed E-state index contributed by atoms with van der Waals surface area (Å²) in [6, 6.07) is 12.4. The van der Waals surface area contributed by atoms with E-state index >= 15 is 0 Å². The van der Waals surface area contributed by atoms with Crippen molar-refractivity contribution in [3.05, 3.63) is 71.6 Å². The molecule has 1 atom stereocenters. The summed E-state index contributed by atoms with van der Waals surface area (Å²) in [5.41, 5.74) is 4.08. The number of hydrogen-bond donors (Lipinski definition) is 1. The van der Waals surface area contributed by atoms with E-state index in [-0.39, 0.29) is 0 Å². The van der Waals surface area contributed by atoms with Crippen LogP contribution in [0.5, 0.6) is 0 Å². The molecule has 3 aromatic rings. The molecule has 0 radical (unpaired) electrons. The Bertz CT molecular complexity index is 896. The Balaban J connectivity index is 1.32. The van der Waals surface area contributed by atoms with E-state index in [0.717, 1.165) is 37.4 Å². The van der Waals surface area contributed by atoms with Crippen LogP contribution in [0.4, 0.5) is 0 Å². The summed E-state index contributed by atoms with van der Waals surface area (Å²) in [6.07, 6.45) is 5.84. The molecule has 6 nitrogen and oxygen atoms in total. The largest absolute Gasteiger partial charge is 0.382 e. The highest BCUT2D eigenvalue weighted by molar-refractivity contribution is 5.27. The lowest BCUT2D eigenvalue weighted by Crippen LogP contribution is -2.33. The normalized spacial score (nSPS) is 18.7. The van der Waals surface area contributed by atoms with Gasteiger partial charge in [-0.25, -0.2) is 4.98 Å². The van der Waals surface area contributed by atoms with Crippen molar-refractivity contribution in [1.29, 1.82) is 0 Å². The summed E-state index contributed by atoms with van der Waals surface area (Å²) in [4.78, 5) is 6.78. The van der Waals surface area contributed by atoms with Crippen LogP contribution in [-0.2, 0) is 19.6 Å². The second-order valence-corrected chi connectivity index (χ2v) is 7.33. The third-order valence-electron chi connectivity index (χ3n) is 5.36. The number of imidazole rings is 1. The number of fused-ring (bicyclic) bond motifs is 1. The molecule has 2 aromatic heterocycles. The molecule has 0 amide bonds. The van der Waals surface area contributed by atoms with E-state index in [0.29, 0.717) is 6.04 Å². The maximum atomic E-state index is 10.6. The van der Waals surface area contributed by atoms with E-state index in [1.807, 2.05) is 53.6 Å². The van der Waals surface area contributed by atoms with Crippen molar-refractivity contribution < 1.29 is 5.11 Å². The minimum absolute atomic E-state index is 0.662. The average Bonchev–Trinajstić information content (AvgIpc) is 3.26. The number of aliphatic hydroxyl groups excluding tert-OH is 1. The van der Waals surface area contributed by atoms with E-state index in [1.165, 1.54) is 24.2 Å². The third kappa shape index (κ3) is 2.95. The summed E-state index contributed by atoms with van der Waals surface area (Å²) in [6.45, 7) is 3.59. The standard InChI is InChI=1S/C20H23N5O/c26-20(15-4-2-1-3-5-15)19-10-17-12-23(8-9-25(17)22-19)13-18-11-21-14-24(18)16-6-7-16/h1-5,10-11,14,16,20,26H,6-9,12-13H2. The van der Waals surface area contributed by atoms with E-state index in [9.17, 15) is 5.11 Å². The summed E-state index contributed by atoms with van der Waals surface area (Å²) >= 11 is 0. The maximum absolute atomic E-state index is 10.6. The molecule has 1 fully saturated rings. The minimum Gasteiger partial charge on any atom is -0.382 e. The SMILES string of the molecule is OC(c1ccccc1)c1cc2n(n1)CCN(Cc1cncn1C1CC1)C2. The van der Waals surface area contributed by atoms with Gasteiger partial charge in [0, 0.05) is 31.9 Å². The molecule has 134 valence electrons. The fourth-order valence-corrected chi connectivity index (χ4v) is 3.78. The number of aromatic nitrogens is 4. The van der Waals surface area contributed by atoms with Crippen LogP contribution in [0.2, 0.25) is 0 Å². The topological polar surface area (TPSA) is 59.1 Å². The molecular weight excluding hydrogens is 326 g/mol. The molecule has 1 aliphatic heterocycles. The molecule has 5 rings (SSSR count). The second kappa shape index (κ2) is 6.37. The van der Waals surface area contributed by atoms with Crippen LogP contribution in [0.3, 0.4) is 0 Å². The van der Waals surface area contributed by atoms with Gasteiger partial charge in [0.2, 0.25) is 0 Å². The van der Waals surface area contributed by atoms with Crippen molar-refractivity contribution in [2.45, 2.75) is 44.6 Å². The molecule has 3 heterocycles. The highest BCUT2D eigenvalue weighted by Gasteiger charge is 2.27. The maximum Gasteiger partial charge on any atom is 0.123 e. The van der Waals surface area contributed by atoms with Gasteiger partial charge in [0.05, 0.1) is 30.0 Å². The molecule has 26 heavy (non-hydrogen) atoms. The van der Waals surface area contributed by atoms with Gasteiger partial charge in [-0.05, 0) is 24.5 Å². The number of aliphatic hydroxyl groups is 1. The molecule has 1 aromatic carbocycles. The molecule has 1 unspecified atom stereocenters. The van der Waals surface area contributed by atoms with Crippen LogP contribution in [0.25, 0.3) is 0 Å². The van der Waals surface area contributed by atoms with E-state index in [4.69, 9.17) is 0 Å². The third-order valence-corrected chi connectivity index (χ3v) is 5.36. The van der Waals surface area contributed by atoms with Crippen LogP contribution >= 0.6 is 0 Å². The molecule has 1 aliphatic carbocycles. The molecule has 0 spiro atoms. The predicted molar refractivity (Wildman–Crippen MR) is 97.3 cm³/mol. The summed E-state index contributed by atoms with van der Waals surface area (Å²) in [5.74, 6) is 0. The zero-order valence-electron chi connectivity index (χ0n) is 14.7. The Hall–Kier alpha value is -2.44. The van der Waals surface area contributed by atoms with Gasteiger partial charge >= 0.3 is 0 Å². The first-order valence-electron chi connectivity index (χ1n) is 9.30. The van der Waals surface area contributed by atoms with Gasteiger partial charge in [-0.15, -0.1) is 0 Å². The lowest BCUT2D eigenvalue weighted by atomic mass is 10.1. The fourth-order valence-electron chi connectivity index (χ4n) is 3.78. The zero-order chi connectivity index (χ0) is 17.5. The van der Waals surface area contributed by atoms with Crippen molar-refractivity contribution in [2.75, 3.05) is 6.54 Å². The Morgan fingerprint density at radius 3 is 2.81 bits per heavy atom. The smallest absolute Gasteiger partial charge is 0.123 e. The Morgan fingerprint density at radius 1 is 1.15 bits per heavy atom. The molecule has 1 N–H and O–H groups in total. The van der Waals surface area contributed by atoms with Crippen LogP contribution in [0.15, 0.2) is 48.9 Å². The first-order chi connectivity index (χ1) is 12.8. The average molecular weight is 349 g/mol. The molecule has 2 aliphatic rings. The van der Waals surface area contributed by atoms with Gasteiger partial charge in [0.1, 0.15) is 6.10 Å². The predicted octanol–water partition coefficient (Wildman–Crippen LogP) is 2.51. The van der Waals surface area contributed by atoms with Crippen LogP contribution < -0.4 is 0 Å². The van der Waals surface area contributed by atoms with Gasteiger partial charge in [-0.1, -0.05) is 30.3 Å². The first-order valence-corrected chi connectivity index (χ1v) is 9.30. The monoisotopic (exact) mass is 349 g/mol. The zero-order valence-corrected chi connectivity index (χ0v) is 14.7. The van der Waals surface area contributed by atoms with E-state index in [1.54, 1.807) is 0 Å². The van der Waals surface area contributed by atoms with Crippen LogP contribution in [-0.4, -0.2) is 35.9 Å². The molecule has 6 heteroatoms. The Labute approximate surface area is 152 Å². The number of rotatable bonds is 5. The van der Waals surface area contributed by atoms with Gasteiger partial charge in [0.15, 0.2) is 0 Å². The summed E-state index contributed by atoms with van der Waals surface area (Å²) in [5, 5.41) is 15.3. The van der Waals surface area contributed by atoms with Crippen LogP contribution in [0.1, 0.15) is 47.6 Å². The number of hydrogen-bond acceptors (Lipinski definition) is 4. The van der Waals surface area contributed by atoms with Gasteiger partial charge < -0.3 is 9.67 Å². The van der Waals surface area contributed by atoms with Crippen molar-refractivity contribution >= 4 is 0 Å². The van der Waals surface area contributed by atoms with Crippen molar-refractivity contribution in [2.24, 2.45) is 0 Å². The van der Waals surface area contributed by atoms with Crippen molar-refractivity contribution in [3.8, 4) is 0 Å². The minimum atomic E-state index is -0.668. The lowest BCUT2D eigenvalue weighted by Gasteiger charge is -2.27. The quantitative estimate of drug-likeness (QED) is 0.769. The summed E-state index contributed by atoms with van der Waals surface area (Å²) in [7, 11) is 0. The molecule has 0 bridgehead atoms. The van der Waals surface area contributed by atoms with Gasteiger partial charge in [-0.3, -0.25) is 9.58 Å². The molecule has 0 saturated heterocycles. The highest BCUT2D eigenvalue weighted by Crippen LogP contribution is 2.36. The number of nitrogens with zero attached hydrogens (tertiary/aromatic N) is 5. The van der Waals surface area contributed by atoms with E-state index in [2.05, 4.69) is 19.5 Å². The molecule has 1 saturated carbocycles. The molecular formula is C20H23N5O. The van der Waals surface area contributed by atoms with Crippen LogP contribution in [0, 0.1) is 0 Å². The summed E-state index contributed by atoms with van der Waals surface area (Å²) < 4.78 is 4.37. The second-order valence-electron chi connectivity index (χ2n) is 7.33. The Morgan fingerprint density at radius 2 is 2.00 bits per heavy atom. The highest BCUT2D eigenvalue weighted by atomic mass is 16.3. The fraction of sp³-hybridized carbons (Fsp3) is 0.400. The first kappa shape index (κ1) is 15.8.